The highest BCUT2D eigenvalue weighted by Gasteiger charge is 2.29. The predicted octanol–water partition coefficient (Wildman–Crippen LogP) is 4.04. The lowest BCUT2D eigenvalue weighted by molar-refractivity contribution is 0.0606. The van der Waals surface area contributed by atoms with E-state index in [1.54, 1.807) is 30.3 Å². The van der Waals surface area contributed by atoms with Crippen molar-refractivity contribution in [1.29, 1.82) is 0 Å². The molecule has 11 heteroatoms. The number of fused-ring (bicyclic) bond motifs is 1. The first-order valence-corrected chi connectivity index (χ1v) is 12.8. The number of benzene rings is 2. The highest BCUT2D eigenvalue weighted by molar-refractivity contribution is 7.89. The number of rotatable bonds is 4. The molecule has 0 radical (unpaired) electrons. The third-order valence-electron chi connectivity index (χ3n) is 5.16. The van der Waals surface area contributed by atoms with Gasteiger partial charge in [0.1, 0.15) is 4.88 Å². The fraction of sp³-hybridized carbons (Fsp3) is 0.238. The Kier molecular flexibility index (Phi) is 6.68. The van der Waals surface area contributed by atoms with Gasteiger partial charge in [-0.2, -0.15) is 4.31 Å². The quantitative estimate of drug-likeness (QED) is 0.420. The maximum atomic E-state index is 12.8. The van der Waals surface area contributed by atoms with Gasteiger partial charge in [-0.05, 0) is 42.5 Å². The normalized spacial score (nSPS) is 15.0. The van der Waals surface area contributed by atoms with Gasteiger partial charge in [0.25, 0.3) is 0 Å². The molecule has 2 aromatic carbocycles. The summed E-state index contributed by atoms with van der Waals surface area (Å²) in [5.74, 6) is -0.468. The van der Waals surface area contributed by atoms with Crippen LogP contribution in [0.1, 0.15) is 9.67 Å². The molecule has 1 fully saturated rings. The van der Waals surface area contributed by atoms with Crippen LogP contribution in [0, 0.1) is 0 Å². The minimum Gasteiger partial charge on any atom is -0.465 e. The summed E-state index contributed by atoms with van der Waals surface area (Å²) in [6.07, 6.45) is 0. The number of nitrogens with one attached hydrogen (secondary N) is 1. The number of hydrogen-bond acceptors (Lipinski definition) is 6. The molecular formula is C21H20ClN3O4S3. The van der Waals surface area contributed by atoms with Crippen LogP contribution in [0.3, 0.4) is 0 Å². The standard InChI is InChI=1S/C21H20ClN3O4S3/c1-29-20(26)19-18(22)16-8-7-14(13-17(16)31-19)23-21(30)24-9-11-25(12-10-24)32(27,28)15-5-3-2-4-6-15/h2-8,13H,9-12H2,1H3,(H,23,30). The van der Waals surface area contributed by atoms with E-state index in [9.17, 15) is 13.2 Å². The van der Waals surface area contributed by atoms with Crippen molar-refractivity contribution in [1.82, 2.24) is 9.21 Å². The molecule has 0 unspecified atom stereocenters. The third-order valence-corrected chi connectivity index (χ3v) is 9.07. The van der Waals surface area contributed by atoms with E-state index in [0.717, 1.165) is 15.8 Å². The Morgan fingerprint density at radius 1 is 1.12 bits per heavy atom. The molecular weight excluding hydrogens is 490 g/mol. The second-order valence-corrected chi connectivity index (χ2v) is 10.8. The lowest BCUT2D eigenvalue weighted by Gasteiger charge is -2.35. The summed E-state index contributed by atoms with van der Waals surface area (Å²) >= 11 is 13.1. The van der Waals surface area contributed by atoms with Gasteiger partial charge >= 0.3 is 5.97 Å². The number of hydrogen-bond donors (Lipinski definition) is 1. The fourth-order valence-electron chi connectivity index (χ4n) is 3.44. The molecule has 2 heterocycles. The van der Waals surface area contributed by atoms with Crippen molar-refractivity contribution in [3.05, 3.63) is 58.4 Å². The Bertz CT molecular complexity index is 1270. The number of sulfonamides is 1. The molecule has 1 aliphatic rings. The highest BCUT2D eigenvalue weighted by Crippen LogP contribution is 2.37. The van der Waals surface area contributed by atoms with Gasteiger partial charge in [-0.15, -0.1) is 11.3 Å². The van der Waals surface area contributed by atoms with Gasteiger partial charge < -0.3 is 15.0 Å². The lowest BCUT2D eigenvalue weighted by Crippen LogP contribution is -2.51. The van der Waals surface area contributed by atoms with Crippen molar-refractivity contribution in [3.63, 3.8) is 0 Å². The maximum absolute atomic E-state index is 12.8. The number of carbonyl (C=O) groups is 1. The Morgan fingerprint density at radius 3 is 2.47 bits per heavy atom. The molecule has 168 valence electrons. The molecule has 4 rings (SSSR count). The van der Waals surface area contributed by atoms with Crippen LogP contribution in [0.4, 0.5) is 5.69 Å². The van der Waals surface area contributed by atoms with Gasteiger partial charge in [0.05, 0.1) is 17.0 Å². The number of methoxy groups -OCH3 is 1. The Hall–Kier alpha value is -2.24. The van der Waals surface area contributed by atoms with Crippen LogP contribution in [-0.4, -0.2) is 62.0 Å². The van der Waals surface area contributed by atoms with E-state index in [1.165, 1.54) is 22.8 Å². The molecule has 0 atom stereocenters. The van der Waals surface area contributed by atoms with Crippen LogP contribution in [0.15, 0.2) is 53.4 Å². The summed E-state index contributed by atoms with van der Waals surface area (Å²) in [7, 11) is -2.19. The monoisotopic (exact) mass is 509 g/mol. The second-order valence-electron chi connectivity index (χ2n) is 7.08. The molecule has 1 aromatic heterocycles. The van der Waals surface area contributed by atoms with E-state index in [-0.39, 0.29) is 0 Å². The average Bonchev–Trinajstić information content (AvgIpc) is 3.15. The summed E-state index contributed by atoms with van der Waals surface area (Å²) in [5, 5.41) is 4.86. The number of piperazine rings is 1. The van der Waals surface area contributed by atoms with Crippen molar-refractivity contribution in [2.45, 2.75) is 4.90 Å². The minimum atomic E-state index is -3.51. The van der Waals surface area contributed by atoms with Crippen molar-refractivity contribution in [2.24, 2.45) is 0 Å². The Labute approximate surface area is 200 Å². The van der Waals surface area contributed by atoms with E-state index in [1.807, 2.05) is 23.1 Å². The van der Waals surface area contributed by atoms with E-state index in [2.05, 4.69) is 5.32 Å². The van der Waals surface area contributed by atoms with Crippen LogP contribution in [0.5, 0.6) is 0 Å². The van der Waals surface area contributed by atoms with Gasteiger partial charge in [0.15, 0.2) is 5.11 Å². The molecule has 0 bridgehead atoms. The maximum Gasteiger partial charge on any atom is 0.349 e. The number of ether oxygens (including phenoxy) is 1. The molecule has 32 heavy (non-hydrogen) atoms. The molecule has 0 spiro atoms. The number of nitrogens with zero attached hydrogens (tertiary/aromatic N) is 2. The number of thiocarbonyl (C=S) groups is 1. The topological polar surface area (TPSA) is 79.0 Å². The predicted molar refractivity (Wildman–Crippen MR) is 131 cm³/mol. The van der Waals surface area contributed by atoms with E-state index in [0.29, 0.717) is 46.1 Å². The van der Waals surface area contributed by atoms with Crippen LogP contribution in [0.25, 0.3) is 10.1 Å². The van der Waals surface area contributed by atoms with Gasteiger partial charge in [-0.3, -0.25) is 0 Å². The Balaban J connectivity index is 1.42. The van der Waals surface area contributed by atoms with Crippen molar-refractivity contribution in [2.75, 3.05) is 38.6 Å². The van der Waals surface area contributed by atoms with Gasteiger partial charge in [-0.1, -0.05) is 29.8 Å². The molecule has 1 N–H and O–H groups in total. The first kappa shape index (κ1) is 22.9. The van der Waals surface area contributed by atoms with Crippen LogP contribution < -0.4 is 5.32 Å². The van der Waals surface area contributed by atoms with E-state index >= 15 is 0 Å². The molecule has 0 amide bonds. The zero-order chi connectivity index (χ0) is 22.9. The fourth-order valence-corrected chi connectivity index (χ4v) is 6.65. The molecule has 0 saturated carbocycles. The third kappa shape index (κ3) is 4.46. The number of carbonyl (C=O) groups excluding carboxylic acids is 1. The number of esters is 1. The number of halogens is 1. The van der Waals surface area contributed by atoms with Crippen molar-refractivity contribution >= 4 is 72.0 Å². The zero-order valence-electron chi connectivity index (χ0n) is 17.1. The minimum absolute atomic E-state index is 0.295. The highest BCUT2D eigenvalue weighted by atomic mass is 35.5. The van der Waals surface area contributed by atoms with E-state index < -0.39 is 16.0 Å². The summed E-state index contributed by atoms with van der Waals surface area (Å²) < 4.78 is 32.7. The zero-order valence-corrected chi connectivity index (χ0v) is 20.3. The number of thiophene rings is 1. The van der Waals surface area contributed by atoms with Crippen LogP contribution in [-0.2, 0) is 14.8 Å². The first-order chi connectivity index (χ1) is 15.3. The van der Waals surface area contributed by atoms with Crippen LogP contribution >= 0.6 is 35.2 Å². The van der Waals surface area contributed by atoms with Crippen molar-refractivity contribution < 1.29 is 17.9 Å². The molecule has 0 aliphatic carbocycles. The molecule has 3 aromatic rings. The van der Waals surface area contributed by atoms with Gasteiger partial charge in [-0.25, -0.2) is 13.2 Å². The summed E-state index contributed by atoms with van der Waals surface area (Å²) in [6.45, 7) is 1.66. The smallest absolute Gasteiger partial charge is 0.349 e. The van der Waals surface area contributed by atoms with Crippen molar-refractivity contribution in [3.8, 4) is 0 Å². The summed E-state index contributed by atoms with van der Waals surface area (Å²) in [5.41, 5.74) is 0.760. The van der Waals surface area contributed by atoms with Gasteiger partial charge in [0.2, 0.25) is 10.0 Å². The summed E-state index contributed by atoms with van der Waals surface area (Å²) in [4.78, 5) is 14.5. The SMILES string of the molecule is COC(=O)c1sc2cc(NC(=S)N3CCN(S(=O)(=O)c4ccccc4)CC3)ccc2c1Cl. The summed E-state index contributed by atoms with van der Waals surface area (Å²) in [6, 6.07) is 14.0. The Morgan fingerprint density at radius 2 is 1.81 bits per heavy atom. The average molecular weight is 510 g/mol. The first-order valence-electron chi connectivity index (χ1n) is 9.73. The van der Waals surface area contributed by atoms with Crippen LogP contribution in [0.2, 0.25) is 5.02 Å². The van der Waals surface area contributed by atoms with Gasteiger partial charge in [0, 0.05) is 42.0 Å². The molecule has 1 saturated heterocycles. The second kappa shape index (κ2) is 9.32. The van der Waals surface area contributed by atoms with E-state index in [4.69, 9.17) is 28.6 Å². The number of anilines is 1. The lowest BCUT2D eigenvalue weighted by atomic mass is 10.2. The molecule has 1 aliphatic heterocycles. The largest absolute Gasteiger partial charge is 0.465 e. The molecule has 7 nitrogen and oxygen atoms in total.